The third kappa shape index (κ3) is 8.66. The van der Waals surface area contributed by atoms with Crippen LogP contribution in [0.1, 0.15) is 24.8 Å². The summed E-state index contributed by atoms with van der Waals surface area (Å²) in [4.78, 5) is 14.4. The summed E-state index contributed by atoms with van der Waals surface area (Å²) >= 11 is 0. The summed E-state index contributed by atoms with van der Waals surface area (Å²) in [7, 11) is 0. The van der Waals surface area contributed by atoms with Gasteiger partial charge in [-0.2, -0.15) is 0 Å². The molecule has 8 heteroatoms. The van der Waals surface area contributed by atoms with Gasteiger partial charge in [-0.3, -0.25) is 9.69 Å². The Hall–Kier alpha value is -1.05. The van der Waals surface area contributed by atoms with Crippen molar-refractivity contribution in [2.75, 3.05) is 46.0 Å². The van der Waals surface area contributed by atoms with Crippen molar-refractivity contribution in [1.29, 1.82) is 0 Å². The number of carbonyl (C=O) groups excluding carboxylic acids is 1. The summed E-state index contributed by atoms with van der Waals surface area (Å²) in [5.74, 6) is 0.968. The molecule has 0 saturated carbocycles. The number of rotatable bonds is 8. The molecule has 0 spiro atoms. The van der Waals surface area contributed by atoms with Crippen LogP contribution in [-0.2, 0) is 16.1 Å². The van der Waals surface area contributed by atoms with Crippen LogP contribution in [0, 0.1) is 0 Å². The maximum Gasteiger partial charge on any atom is 0.221 e. The Balaban J connectivity index is 0.00000182. The summed E-state index contributed by atoms with van der Waals surface area (Å²) in [5, 5.41) is 6.36. The smallest absolute Gasteiger partial charge is 0.221 e. The zero-order valence-electron chi connectivity index (χ0n) is 15.7. The molecule has 0 aromatic heterocycles. The number of halogens is 2. The quantitative estimate of drug-likeness (QED) is 0.674. The Morgan fingerprint density at radius 2 is 2.11 bits per heavy atom. The fourth-order valence-electron chi connectivity index (χ4n) is 3.29. The highest BCUT2D eigenvalue weighted by Crippen LogP contribution is 2.14. The number of carbonyl (C=O) groups is 1. The minimum atomic E-state index is 0. The average Bonchev–Trinajstić information content (AvgIpc) is 3.14. The molecule has 2 aliphatic rings. The molecule has 0 radical (unpaired) electrons. The highest BCUT2D eigenvalue weighted by molar-refractivity contribution is 5.85. The van der Waals surface area contributed by atoms with Crippen molar-refractivity contribution in [3.8, 4) is 5.75 Å². The molecule has 1 aromatic carbocycles. The van der Waals surface area contributed by atoms with Crippen LogP contribution in [-0.4, -0.2) is 62.8 Å². The second-order valence-electron chi connectivity index (χ2n) is 6.72. The van der Waals surface area contributed by atoms with Gasteiger partial charge < -0.3 is 20.1 Å². The monoisotopic (exact) mass is 419 g/mol. The summed E-state index contributed by atoms with van der Waals surface area (Å²) in [6, 6.07) is 8.31. The minimum Gasteiger partial charge on any atom is -0.492 e. The molecule has 2 N–H and O–H groups in total. The molecule has 27 heavy (non-hydrogen) atoms. The van der Waals surface area contributed by atoms with Gasteiger partial charge in [-0.25, -0.2) is 0 Å². The summed E-state index contributed by atoms with van der Waals surface area (Å²) < 4.78 is 11.2. The predicted octanol–water partition coefficient (Wildman–Crippen LogP) is 2.00. The summed E-state index contributed by atoms with van der Waals surface area (Å²) in [6.07, 6.45) is 2.83. The Labute approximate surface area is 174 Å². The van der Waals surface area contributed by atoms with E-state index in [0.29, 0.717) is 25.6 Å². The van der Waals surface area contributed by atoms with Gasteiger partial charge in [0.15, 0.2) is 0 Å². The van der Waals surface area contributed by atoms with E-state index in [-0.39, 0.29) is 30.7 Å². The highest BCUT2D eigenvalue weighted by Gasteiger charge is 2.17. The van der Waals surface area contributed by atoms with Crippen molar-refractivity contribution in [2.24, 2.45) is 0 Å². The van der Waals surface area contributed by atoms with E-state index in [2.05, 4.69) is 15.5 Å². The van der Waals surface area contributed by atoms with E-state index >= 15 is 0 Å². The van der Waals surface area contributed by atoms with Gasteiger partial charge in [0.1, 0.15) is 12.4 Å². The molecule has 6 nitrogen and oxygen atoms in total. The van der Waals surface area contributed by atoms with Gasteiger partial charge in [-0.1, -0.05) is 12.1 Å². The highest BCUT2D eigenvalue weighted by atomic mass is 35.5. The van der Waals surface area contributed by atoms with Gasteiger partial charge in [0.05, 0.1) is 13.2 Å². The first-order valence-electron chi connectivity index (χ1n) is 9.31. The van der Waals surface area contributed by atoms with Crippen molar-refractivity contribution in [3.05, 3.63) is 29.8 Å². The maximum absolute atomic E-state index is 12.0. The predicted molar refractivity (Wildman–Crippen MR) is 111 cm³/mol. The minimum absolute atomic E-state index is 0. The molecule has 1 unspecified atom stereocenters. The standard InChI is InChI=1S/C19H29N3O3.2ClH/c23-19(14-17-4-2-6-20-17)21-15-16-3-1-5-18(13-16)25-12-9-22-7-10-24-11-8-22;;/h1,3,5,13,17,20H,2,4,6-12,14-15H2,(H,21,23);2*1H. The molecule has 2 heterocycles. The molecule has 3 rings (SSSR count). The lowest BCUT2D eigenvalue weighted by Gasteiger charge is -2.26. The van der Waals surface area contributed by atoms with E-state index < -0.39 is 0 Å². The summed E-state index contributed by atoms with van der Waals surface area (Å²) in [6.45, 7) is 6.74. The van der Waals surface area contributed by atoms with E-state index in [1.54, 1.807) is 0 Å². The lowest BCUT2D eigenvalue weighted by Crippen LogP contribution is -2.38. The molecular formula is C19H31Cl2N3O3. The van der Waals surface area contributed by atoms with Crippen molar-refractivity contribution in [1.82, 2.24) is 15.5 Å². The molecule has 2 fully saturated rings. The van der Waals surface area contributed by atoms with E-state index in [1.807, 2.05) is 24.3 Å². The second-order valence-corrected chi connectivity index (χ2v) is 6.72. The Morgan fingerprint density at radius 1 is 1.30 bits per heavy atom. The molecule has 2 saturated heterocycles. The van der Waals surface area contributed by atoms with Crippen LogP contribution < -0.4 is 15.4 Å². The Morgan fingerprint density at radius 3 is 2.85 bits per heavy atom. The lowest BCUT2D eigenvalue weighted by molar-refractivity contribution is -0.121. The fraction of sp³-hybridized carbons (Fsp3) is 0.632. The van der Waals surface area contributed by atoms with Crippen molar-refractivity contribution >= 4 is 30.7 Å². The van der Waals surface area contributed by atoms with Crippen molar-refractivity contribution < 1.29 is 14.3 Å². The van der Waals surface area contributed by atoms with Crippen LogP contribution in [0.25, 0.3) is 0 Å². The number of benzene rings is 1. The number of morpholine rings is 1. The summed E-state index contributed by atoms with van der Waals surface area (Å²) in [5.41, 5.74) is 1.07. The van der Waals surface area contributed by atoms with Crippen LogP contribution >= 0.6 is 24.8 Å². The van der Waals surface area contributed by atoms with Gasteiger partial charge in [-0.05, 0) is 37.1 Å². The first-order valence-corrected chi connectivity index (χ1v) is 9.31. The Bertz CT molecular complexity index is 551. The van der Waals surface area contributed by atoms with Crippen molar-refractivity contribution in [3.63, 3.8) is 0 Å². The maximum atomic E-state index is 12.0. The number of ether oxygens (including phenoxy) is 2. The van der Waals surface area contributed by atoms with Crippen LogP contribution in [0.15, 0.2) is 24.3 Å². The van der Waals surface area contributed by atoms with Crippen LogP contribution in [0.4, 0.5) is 0 Å². The number of hydrogen-bond donors (Lipinski definition) is 2. The van der Waals surface area contributed by atoms with Gasteiger partial charge in [-0.15, -0.1) is 24.8 Å². The zero-order valence-corrected chi connectivity index (χ0v) is 17.3. The second kappa shape index (κ2) is 13.2. The first kappa shape index (κ1) is 24.0. The fourth-order valence-corrected chi connectivity index (χ4v) is 3.29. The van der Waals surface area contributed by atoms with Gasteiger partial charge in [0, 0.05) is 38.6 Å². The topological polar surface area (TPSA) is 62.8 Å². The average molecular weight is 420 g/mol. The number of amides is 1. The van der Waals surface area contributed by atoms with E-state index in [1.165, 1.54) is 6.42 Å². The van der Waals surface area contributed by atoms with E-state index in [4.69, 9.17) is 9.47 Å². The largest absolute Gasteiger partial charge is 0.492 e. The van der Waals surface area contributed by atoms with Crippen LogP contribution in [0.5, 0.6) is 5.75 Å². The third-order valence-corrected chi connectivity index (χ3v) is 4.76. The molecule has 154 valence electrons. The molecular weight excluding hydrogens is 389 g/mol. The third-order valence-electron chi connectivity index (χ3n) is 4.76. The normalized spacial score (nSPS) is 19.6. The van der Waals surface area contributed by atoms with E-state index in [9.17, 15) is 4.79 Å². The van der Waals surface area contributed by atoms with Crippen LogP contribution in [0.2, 0.25) is 0 Å². The van der Waals surface area contributed by atoms with Crippen LogP contribution in [0.3, 0.4) is 0 Å². The molecule has 1 amide bonds. The molecule has 2 aliphatic heterocycles. The van der Waals surface area contributed by atoms with Gasteiger partial charge >= 0.3 is 0 Å². The van der Waals surface area contributed by atoms with E-state index in [0.717, 1.165) is 57.1 Å². The molecule has 0 bridgehead atoms. The molecule has 0 aliphatic carbocycles. The lowest BCUT2D eigenvalue weighted by atomic mass is 10.1. The van der Waals surface area contributed by atoms with Gasteiger partial charge in [0.2, 0.25) is 5.91 Å². The molecule has 1 atom stereocenters. The molecule has 1 aromatic rings. The number of nitrogens with one attached hydrogen (secondary N) is 2. The first-order chi connectivity index (χ1) is 12.3. The van der Waals surface area contributed by atoms with Crippen molar-refractivity contribution in [2.45, 2.75) is 31.8 Å². The number of hydrogen-bond acceptors (Lipinski definition) is 5. The Kier molecular flexibility index (Phi) is 11.7. The zero-order chi connectivity index (χ0) is 17.3. The van der Waals surface area contributed by atoms with Gasteiger partial charge in [0.25, 0.3) is 0 Å². The SMILES string of the molecule is Cl.Cl.O=C(CC1CCCN1)NCc1cccc(OCCN2CCOCC2)c1. The number of nitrogens with zero attached hydrogens (tertiary/aromatic N) is 1.